The number of nitrogens with zero attached hydrogens (tertiary/aromatic N) is 1. The smallest absolute Gasteiger partial charge is 0.120 e. The molecule has 0 amide bonds. The summed E-state index contributed by atoms with van der Waals surface area (Å²) in [4.78, 5) is 10.5. The van der Waals surface area contributed by atoms with E-state index < -0.39 is 0 Å². The zero-order valence-corrected chi connectivity index (χ0v) is 13.9. The van der Waals surface area contributed by atoms with Crippen LogP contribution in [0.3, 0.4) is 0 Å². The predicted molar refractivity (Wildman–Crippen MR) is 96.6 cm³/mol. The molecule has 0 radical (unpaired) electrons. The Morgan fingerprint density at radius 1 is 0.917 bits per heavy atom. The number of carbonyl (C=O) groups is 1. The fourth-order valence-corrected chi connectivity index (χ4v) is 3.77. The van der Waals surface area contributed by atoms with Crippen LogP contribution in [-0.4, -0.2) is 6.29 Å². The first-order valence-electron chi connectivity index (χ1n) is 8.84. The Hall–Kier alpha value is -2.40. The zero-order chi connectivity index (χ0) is 16.8. The summed E-state index contributed by atoms with van der Waals surface area (Å²) in [6, 6.07) is 18.8. The van der Waals surface area contributed by atoms with Crippen molar-refractivity contribution in [2.75, 3.05) is 0 Å². The molecule has 0 aliphatic heterocycles. The highest BCUT2D eigenvalue weighted by Gasteiger charge is 2.21. The van der Waals surface area contributed by atoms with Crippen LogP contribution in [0.4, 0.5) is 0 Å². The lowest BCUT2D eigenvalue weighted by atomic mass is 9.77. The van der Waals surface area contributed by atoms with Gasteiger partial charge in [0.2, 0.25) is 0 Å². The molecule has 0 spiro atoms. The average molecular weight is 317 g/mol. The highest BCUT2D eigenvalue weighted by molar-refractivity contribution is 5.64. The Labute approximate surface area is 144 Å². The van der Waals surface area contributed by atoms with Gasteiger partial charge in [-0.1, -0.05) is 36.4 Å². The van der Waals surface area contributed by atoms with E-state index in [1.807, 2.05) is 24.3 Å². The molecule has 0 saturated heterocycles. The van der Waals surface area contributed by atoms with Crippen molar-refractivity contribution < 1.29 is 4.79 Å². The molecular weight excluding hydrogens is 294 g/mol. The number of nitriles is 1. The Morgan fingerprint density at radius 2 is 1.50 bits per heavy atom. The maximum absolute atomic E-state index is 10.5. The normalized spacial score (nSPS) is 20.3. The topological polar surface area (TPSA) is 40.9 Å². The monoisotopic (exact) mass is 317 g/mol. The van der Waals surface area contributed by atoms with Gasteiger partial charge >= 0.3 is 0 Å². The number of benzene rings is 2. The third-order valence-electron chi connectivity index (χ3n) is 5.27. The summed E-state index contributed by atoms with van der Waals surface area (Å²) in [5, 5.41) is 8.88. The molecule has 0 unspecified atom stereocenters. The van der Waals surface area contributed by atoms with Crippen LogP contribution in [0.5, 0.6) is 0 Å². The van der Waals surface area contributed by atoms with Gasteiger partial charge in [0.05, 0.1) is 11.6 Å². The minimum atomic E-state index is 0.660. The number of hydrogen-bond acceptors (Lipinski definition) is 2. The number of carbonyl (C=O) groups excluding carboxylic acids is 1. The van der Waals surface area contributed by atoms with E-state index in [1.165, 1.54) is 36.8 Å². The molecule has 1 aliphatic rings. The SMILES string of the molecule is N#Cc1ccc(-c2ccc([C@H]3CC[C@H](CCC=O)CC3)cc2)cc1. The highest BCUT2D eigenvalue weighted by Crippen LogP contribution is 2.37. The van der Waals surface area contributed by atoms with Crippen LogP contribution in [0.1, 0.15) is 55.6 Å². The van der Waals surface area contributed by atoms with Crippen LogP contribution < -0.4 is 0 Å². The Kier molecular flexibility index (Phi) is 5.43. The summed E-state index contributed by atoms with van der Waals surface area (Å²) in [6.07, 6.45) is 7.79. The zero-order valence-electron chi connectivity index (χ0n) is 13.9. The third-order valence-corrected chi connectivity index (χ3v) is 5.27. The van der Waals surface area contributed by atoms with Gasteiger partial charge in [0, 0.05) is 6.42 Å². The molecule has 2 nitrogen and oxygen atoms in total. The minimum absolute atomic E-state index is 0.660. The predicted octanol–water partition coefficient (Wildman–Crippen LogP) is 5.48. The molecule has 0 bridgehead atoms. The van der Waals surface area contributed by atoms with Crippen molar-refractivity contribution in [3.8, 4) is 17.2 Å². The van der Waals surface area contributed by atoms with Crippen molar-refractivity contribution in [1.82, 2.24) is 0 Å². The van der Waals surface area contributed by atoms with Crippen molar-refractivity contribution >= 4 is 6.29 Å². The van der Waals surface area contributed by atoms with Gasteiger partial charge in [-0.05, 0) is 72.8 Å². The van der Waals surface area contributed by atoms with Gasteiger partial charge in [0.1, 0.15) is 6.29 Å². The van der Waals surface area contributed by atoms with Crippen LogP contribution in [0.25, 0.3) is 11.1 Å². The van der Waals surface area contributed by atoms with Gasteiger partial charge in [-0.25, -0.2) is 0 Å². The lowest BCUT2D eigenvalue weighted by Crippen LogP contribution is -2.13. The molecule has 2 heteroatoms. The van der Waals surface area contributed by atoms with Crippen molar-refractivity contribution in [2.24, 2.45) is 5.92 Å². The largest absolute Gasteiger partial charge is 0.303 e. The number of hydrogen-bond donors (Lipinski definition) is 0. The minimum Gasteiger partial charge on any atom is -0.303 e. The van der Waals surface area contributed by atoms with E-state index in [9.17, 15) is 4.79 Å². The Balaban J connectivity index is 1.62. The molecular formula is C22H23NO. The van der Waals surface area contributed by atoms with E-state index in [-0.39, 0.29) is 0 Å². The van der Waals surface area contributed by atoms with E-state index in [1.54, 1.807) is 0 Å². The van der Waals surface area contributed by atoms with Gasteiger partial charge in [0.15, 0.2) is 0 Å². The first kappa shape index (κ1) is 16.5. The van der Waals surface area contributed by atoms with E-state index in [0.717, 1.165) is 24.2 Å². The van der Waals surface area contributed by atoms with E-state index in [4.69, 9.17) is 5.26 Å². The average Bonchev–Trinajstić information content (AvgIpc) is 2.67. The first-order valence-corrected chi connectivity index (χ1v) is 8.84. The van der Waals surface area contributed by atoms with Crippen LogP contribution in [0.2, 0.25) is 0 Å². The molecule has 1 fully saturated rings. The summed E-state index contributed by atoms with van der Waals surface area (Å²) in [5.74, 6) is 1.40. The van der Waals surface area contributed by atoms with Crippen LogP contribution in [0, 0.1) is 17.2 Å². The van der Waals surface area contributed by atoms with Gasteiger partial charge in [-0.15, -0.1) is 0 Å². The van der Waals surface area contributed by atoms with Gasteiger partial charge in [0.25, 0.3) is 0 Å². The summed E-state index contributed by atoms with van der Waals surface area (Å²) in [5.41, 5.74) is 4.48. The van der Waals surface area contributed by atoms with Crippen LogP contribution >= 0.6 is 0 Å². The molecule has 0 N–H and O–H groups in total. The van der Waals surface area contributed by atoms with Crippen molar-refractivity contribution in [3.05, 3.63) is 59.7 Å². The number of aldehydes is 1. The molecule has 0 aromatic heterocycles. The van der Waals surface area contributed by atoms with E-state index in [2.05, 4.69) is 30.3 Å². The lowest BCUT2D eigenvalue weighted by Gasteiger charge is -2.28. The number of rotatable bonds is 5. The molecule has 2 aromatic rings. The molecule has 0 atom stereocenters. The Morgan fingerprint density at radius 3 is 2.04 bits per heavy atom. The first-order chi connectivity index (χ1) is 11.8. The molecule has 1 aliphatic carbocycles. The fraction of sp³-hybridized carbons (Fsp3) is 0.364. The molecule has 122 valence electrons. The molecule has 1 saturated carbocycles. The van der Waals surface area contributed by atoms with E-state index >= 15 is 0 Å². The van der Waals surface area contributed by atoms with Gasteiger partial charge < -0.3 is 4.79 Å². The van der Waals surface area contributed by atoms with Crippen molar-refractivity contribution in [1.29, 1.82) is 5.26 Å². The standard InChI is InChI=1S/C22H23NO/c23-16-18-5-9-20(10-6-18)22-13-11-21(12-14-22)19-7-3-17(4-8-19)2-1-15-24/h5-6,9-15,17,19H,1-4,7-8H2/t17-,19-. The summed E-state index contributed by atoms with van der Waals surface area (Å²) >= 11 is 0. The maximum Gasteiger partial charge on any atom is 0.120 e. The summed E-state index contributed by atoms with van der Waals surface area (Å²) < 4.78 is 0. The van der Waals surface area contributed by atoms with Crippen LogP contribution in [-0.2, 0) is 4.79 Å². The molecule has 0 heterocycles. The second-order valence-corrected chi connectivity index (χ2v) is 6.77. The highest BCUT2D eigenvalue weighted by atomic mass is 16.1. The van der Waals surface area contributed by atoms with E-state index in [0.29, 0.717) is 17.9 Å². The quantitative estimate of drug-likeness (QED) is 0.685. The summed E-state index contributed by atoms with van der Waals surface area (Å²) in [6.45, 7) is 0. The fourth-order valence-electron chi connectivity index (χ4n) is 3.77. The Bertz CT molecular complexity index is 701. The summed E-state index contributed by atoms with van der Waals surface area (Å²) in [7, 11) is 0. The van der Waals surface area contributed by atoms with Crippen molar-refractivity contribution in [2.45, 2.75) is 44.4 Å². The third kappa shape index (κ3) is 3.92. The van der Waals surface area contributed by atoms with Crippen molar-refractivity contribution in [3.63, 3.8) is 0 Å². The maximum atomic E-state index is 10.5. The molecule has 2 aromatic carbocycles. The second kappa shape index (κ2) is 7.93. The van der Waals surface area contributed by atoms with Gasteiger partial charge in [-0.3, -0.25) is 0 Å². The van der Waals surface area contributed by atoms with Crippen LogP contribution in [0.15, 0.2) is 48.5 Å². The lowest BCUT2D eigenvalue weighted by molar-refractivity contribution is -0.108. The second-order valence-electron chi connectivity index (χ2n) is 6.77. The molecule has 3 rings (SSSR count). The van der Waals surface area contributed by atoms with Gasteiger partial charge in [-0.2, -0.15) is 5.26 Å². The molecule has 24 heavy (non-hydrogen) atoms.